The highest BCUT2D eigenvalue weighted by Crippen LogP contribution is 2.30. The zero-order valence-corrected chi connectivity index (χ0v) is 13.7. The van der Waals surface area contributed by atoms with Crippen LogP contribution in [0.1, 0.15) is 42.0 Å². The fourth-order valence-corrected chi connectivity index (χ4v) is 2.34. The van der Waals surface area contributed by atoms with E-state index in [0.29, 0.717) is 5.92 Å². The van der Waals surface area contributed by atoms with Gasteiger partial charge in [-0.25, -0.2) is 0 Å². The van der Waals surface area contributed by atoms with Gasteiger partial charge in [0.05, 0.1) is 0 Å². The molecular weight excluding hydrogens is 258 g/mol. The van der Waals surface area contributed by atoms with E-state index in [1.54, 1.807) is 0 Å². The van der Waals surface area contributed by atoms with Gasteiger partial charge in [0.15, 0.2) is 0 Å². The smallest absolute Gasteiger partial charge is 0.130 e. The van der Waals surface area contributed by atoms with Gasteiger partial charge < -0.3 is 10.1 Å². The molecule has 0 bridgehead atoms. The van der Waals surface area contributed by atoms with Gasteiger partial charge in [0, 0.05) is 6.54 Å². The van der Waals surface area contributed by atoms with Crippen LogP contribution in [0.3, 0.4) is 0 Å². The number of benzene rings is 2. The molecule has 2 nitrogen and oxygen atoms in total. The second-order valence-electron chi connectivity index (χ2n) is 5.91. The van der Waals surface area contributed by atoms with Crippen molar-refractivity contribution in [1.82, 2.24) is 5.32 Å². The Kier molecular flexibility index (Phi) is 5.03. The van der Waals surface area contributed by atoms with Gasteiger partial charge in [0.2, 0.25) is 0 Å². The molecule has 2 rings (SSSR count). The normalized spacial score (nSPS) is 11.0. The van der Waals surface area contributed by atoms with Gasteiger partial charge in [-0.2, -0.15) is 0 Å². The average Bonchev–Trinajstić information content (AvgIpc) is 2.44. The number of hydrogen-bond donors (Lipinski definition) is 1. The Balaban J connectivity index is 2.27. The van der Waals surface area contributed by atoms with Crippen LogP contribution in [0, 0.1) is 13.8 Å². The van der Waals surface area contributed by atoms with Gasteiger partial charge in [-0.1, -0.05) is 38.1 Å². The van der Waals surface area contributed by atoms with Crippen molar-refractivity contribution >= 4 is 0 Å². The molecule has 0 saturated carbocycles. The lowest BCUT2D eigenvalue weighted by Gasteiger charge is -2.14. The van der Waals surface area contributed by atoms with Crippen LogP contribution in [-0.4, -0.2) is 7.05 Å². The van der Waals surface area contributed by atoms with Gasteiger partial charge in [0.1, 0.15) is 11.5 Å². The molecule has 0 unspecified atom stereocenters. The molecule has 2 aromatic carbocycles. The standard InChI is InChI=1S/C19H25NO/c1-13(2)17-8-6-14(3)19(11-17)21-18-9-7-16(12-20-5)10-15(18)4/h6-11,13,20H,12H2,1-5H3. The molecule has 0 radical (unpaired) electrons. The Morgan fingerprint density at radius 1 is 0.952 bits per heavy atom. The van der Waals surface area contributed by atoms with Crippen molar-refractivity contribution in [1.29, 1.82) is 0 Å². The third-order valence-corrected chi connectivity index (χ3v) is 3.72. The Hall–Kier alpha value is -1.80. The molecule has 0 heterocycles. The summed E-state index contributed by atoms with van der Waals surface area (Å²) in [4.78, 5) is 0. The number of hydrogen-bond acceptors (Lipinski definition) is 2. The van der Waals surface area contributed by atoms with E-state index in [1.807, 2.05) is 7.05 Å². The van der Waals surface area contributed by atoms with Crippen molar-refractivity contribution in [3.63, 3.8) is 0 Å². The number of aryl methyl sites for hydroxylation is 2. The Morgan fingerprint density at radius 2 is 1.71 bits per heavy atom. The summed E-state index contributed by atoms with van der Waals surface area (Å²) in [5.41, 5.74) is 4.91. The third kappa shape index (κ3) is 3.85. The first kappa shape index (κ1) is 15.6. The van der Waals surface area contributed by atoms with E-state index in [9.17, 15) is 0 Å². The highest BCUT2D eigenvalue weighted by atomic mass is 16.5. The summed E-state index contributed by atoms with van der Waals surface area (Å²) in [7, 11) is 1.96. The van der Waals surface area contributed by atoms with Crippen molar-refractivity contribution in [2.45, 2.75) is 40.2 Å². The maximum Gasteiger partial charge on any atom is 0.130 e. The maximum absolute atomic E-state index is 6.14. The first-order valence-corrected chi connectivity index (χ1v) is 7.53. The lowest BCUT2D eigenvalue weighted by molar-refractivity contribution is 0.473. The van der Waals surface area contributed by atoms with Crippen molar-refractivity contribution in [2.24, 2.45) is 0 Å². The molecular formula is C19H25NO. The molecule has 2 aromatic rings. The highest BCUT2D eigenvalue weighted by molar-refractivity contribution is 5.44. The Morgan fingerprint density at radius 3 is 2.33 bits per heavy atom. The van der Waals surface area contributed by atoms with Crippen LogP contribution < -0.4 is 10.1 Å². The molecule has 112 valence electrons. The summed E-state index contributed by atoms with van der Waals surface area (Å²) < 4.78 is 6.14. The second-order valence-corrected chi connectivity index (χ2v) is 5.91. The van der Waals surface area contributed by atoms with E-state index >= 15 is 0 Å². The fraction of sp³-hybridized carbons (Fsp3) is 0.368. The van der Waals surface area contributed by atoms with Crippen molar-refractivity contribution in [3.05, 3.63) is 58.7 Å². The van der Waals surface area contributed by atoms with Crippen LogP contribution >= 0.6 is 0 Å². The summed E-state index contributed by atoms with van der Waals surface area (Å²) in [6.07, 6.45) is 0. The predicted octanol–water partition coefficient (Wildman–Crippen LogP) is 4.94. The van der Waals surface area contributed by atoms with E-state index in [2.05, 4.69) is 69.4 Å². The molecule has 1 N–H and O–H groups in total. The lowest BCUT2D eigenvalue weighted by atomic mass is 10.0. The van der Waals surface area contributed by atoms with E-state index in [1.165, 1.54) is 11.1 Å². The highest BCUT2D eigenvalue weighted by Gasteiger charge is 2.08. The molecule has 0 aliphatic rings. The monoisotopic (exact) mass is 283 g/mol. The largest absolute Gasteiger partial charge is 0.457 e. The van der Waals surface area contributed by atoms with Crippen LogP contribution in [0.15, 0.2) is 36.4 Å². The van der Waals surface area contributed by atoms with Crippen molar-refractivity contribution in [2.75, 3.05) is 7.05 Å². The van der Waals surface area contributed by atoms with Gasteiger partial charge in [0.25, 0.3) is 0 Å². The van der Waals surface area contributed by atoms with E-state index in [0.717, 1.165) is 29.2 Å². The number of nitrogens with one attached hydrogen (secondary N) is 1. The lowest BCUT2D eigenvalue weighted by Crippen LogP contribution is -2.05. The molecule has 0 aliphatic carbocycles. The molecule has 0 atom stereocenters. The molecule has 0 aliphatic heterocycles. The summed E-state index contributed by atoms with van der Waals surface area (Å²) in [6, 6.07) is 12.8. The summed E-state index contributed by atoms with van der Waals surface area (Å²) in [5, 5.41) is 3.17. The van der Waals surface area contributed by atoms with Crippen LogP contribution in [0.5, 0.6) is 11.5 Å². The molecule has 0 spiro atoms. The first-order valence-electron chi connectivity index (χ1n) is 7.53. The minimum atomic E-state index is 0.507. The maximum atomic E-state index is 6.14. The number of rotatable bonds is 5. The van der Waals surface area contributed by atoms with Gasteiger partial charge in [-0.3, -0.25) is 0 Å². The van der Waals surface area contributed by atoms with Crippen LogP contribution in [-0.2, 0) is 6.54 Å². The van der Waals surface area contributed by atoms with Crippen LogP contribution in [0.25, 0.3) is 0 Å². The molecule has 21 heavy (non-hydrogen) atoms. The minimum absolute atomic E-state index is 0.507. The second kappa shape index (κ2) is 6.77. The summed E-state index contributed by atoms with van der Waals surface area (Å²) >= 11 is 0. The van der Waals surface area contributed by atoms with Gasteiger partial charge >= 0.3 is 0 Å². The zero-order valence-electron chi connectivity index (χ0n) is 13.7. The average molecular weight is 283 g/mol. The molecule has 0 aromatic heterocycles. The van der Waals surface area contributed by atoms with Crippen LogP contribution in [0.4, 0.5) is 0 Å². The van der Waals surface area contributed by atoms with Gasteiger partial charge in [-0.15, -0.1) is 0 Å². The summed E-state index contributed by atoms with van der Waals surface area (Å²) in [6.45, 7) is 9.46. The SMILES string of the molecule is CNCc1ccc(Oc2cc(C(C)C)ccc2C)c(C)c1. The summed E-state index contributed by atoms with van der Waals surface area (Å²) in [5.74, 6) is 2.39. The van der Waals surface area contributed by atoms with Gasteiger partial charge in [-0.05, 0) is 61.2 Å². The molecule has 0 fully saturated rings. The van der Waals surface area contributed by atoms with E-state index in [-0.39, 0.29) is 0 Å². The van der Waals surface area contributed by atoms with E-state index in [4.69, 9.17) is 4.74 Å². The Bertz CT molecular complexity index is 617. The van der Waals surface area contributed by atoms with Crippen molar-refractivity contribution < 1.29 is 4.74 Å². The first-order chi connectivity index (χ1) is 10.0. The zero-order chi connectivity index (χ0) is 15.4. The topological polar surface area (TPSA) is 21.3 Å². The van der Waals surface area contributed by atoms with Crippen molar-refractivity contribution in [3.8, 4) is 11.5 Å². The van der Waals surface area contributed by atoms with E-state index < -0.39 is 0 Å². The number of ether oxygens (including phenoxy) is 1. The third-order valence-electron chi connectivity index (χ3n) is 3.72. The predicted molar refractivity (Wildman–Crippen MR) is 89.3 cm³/mol. The molecule has 2 heteroatoms. The molecule has 0 saturated heterocycles. The van der Waals surface area contributed by atoms with Crippen LogP contribution in [0.2, 0.25) is 0 Å². The fourth-order valence-electron chi connectivity index (χ4n) is 2.34. The quantitative estimate of drug-likeness (QED) is 0.839. The minimum Gasteiger partial charge on any atom is -0.457 e. The Labute approximate surface area is 128 Å². The molecule has 0 amide bonds.